The molecule has 1 unspecified atom stereocenters. The van der Waals surface area contributed by atoms with Crippen LogP contribution in [0.2, 0.25) is 0 Å². The minimum atomic E-state index is -0.752. The number of thiazole rings is 1. The van der Waals surface area contributed by atoms with Gasteiger partial charge in [0.25, 0.3) is 5.91 Å². The maximum Gasteiger partial charge on any atom is 0.358 e. The van der Waals surface area contributed by atoms with Gasteiger partial charge < -0.3 is 19.7 Å². The summed E-state index contributed by atoms with van der Waals surface area (Å²) in [4.78, 5) is 79.6. The summed E-state index contributed by atoms with van der Waals surface area (Å²) in [7, 11) is 1.80. The van der Waals surface area contributed by atoms with Crippen molar-refractivity contribution < 1.29 is 33.4 Å². The van der Waals surface area contributed by atoms with Crippen molar-refractivity contribution in [3.8, 4) is 16.9 Å². The minimum Gasteiger partial charge on any atom is -0.493 e. The molecule has 0 saturated carbocycles. The van der Waals surface area contributed by atoms with E-state index < -0.39 is 17.5 Å². The van der Waals surface area contributed by atoms with Crippen molar-refractivity contribution >= 4 is 78.7 Å². The van der Waals surface area contributed by atoms with Crippen LogP contribution in [-0.2, 0) is 39.1 Å². The number of amides is 4. The Labute approximate surface area is 433 Å². The molecule has 0 aliphatic carbocycles. The van der Waals surface area contributed by atoms with Crippen LogP contribution in [0.4, 0.5) is 16.6 Å². The number of aryl methyl sites for hydroxylation is 1. The highest BCUT2D eigenvalue weighted by Gasteiger charge is 2.33. The van der Waals surface area contributed by atoms with Gasteiger partial charge in [0.1, 0.15) is 17.2 Å². The Morgan fingerprint density at radius 1 is 0.851 bits per heavy atom. The van der Waals surface area contributed by atoms with Gasteiger partial charge in [-0.15, -0.1) is 0 Å². The third-order valence-electron chi connectivity index (χ3n) is 14.2. The molecule has 16 nitrogen and oxygen atoms in total. The first-order valence-corrected chi connectivity index (χ1v) is 26.3. The number of likely N-dealkylation sites (tertiary alicyclic amines) is 1. The zero-order chi connectivity index (χ0) is 51.7. The molecular weight excluding hydrogens is 955 g/mol. The number of piperidine rings is 2. The number of fused-ring (bicyclic) bond motifs is 3. The molecular formula is C57H61N9O7S. The predicted molar refractivity (Wildman–Crippen MR) is 287 cm³/mol. The predicted octanol–water partition coefficient (Wildman–Crippen LogP) is 9.35. The number of esters is 1. The van der Waals surface area contributed by atoms with Crippen molar-refractivity contribution in [2.24, 2.45) is 13.0 Å². The highest BCUT2D eigenvalue weighted by atomic mass is 32.1. The van der Waals surface area contributed by atoms with Crippen LogP contribution in [0.1, 0.15) is 108 Å². The number of hydrogen-bond acceptors (Lipinski definition) is 13. The van der Waals surface area contributed by atoms with E-state index in [0.29, 0.717) is 71.9 Å². The maximum absolute atomic E-state index is 14.1. The van der Waals surface area contributed by atoms with Gasteiger partial charge in [0.05, 0.1) is 46.2 Å². The van der Waals surface area contributed by atoms with Gasteiger partial charge in [0.15, 0.2) is 10.8 Å². The normalized spacial score (nSPS) is 16.5. The third kappa shape index (κ3) is 10.9. The molecule has 17 heteroatoms. The topological polar surface area (TPSA) is 190 Å². The van der Waals surface area contributed by atoms with Crippen molar-refractivity contribution in [1.82, 2.24) is 30.0 Å². The number of benzene rings is 4. The standard InChI is InChI=1S/C57H61N9O7S/c1-34-37(38-21-23-47(60-51(38)55(71)73-57(2,3)4)66-30-27-36-13-8-15-39(42(36)32-66)53(69)62-56-59-43-17-6-7-20-46(43)74-56)14-10-19-45(34)72-31-11-12-35-25-28-65(29-26-35)33-49(68)58-44-18-9-16-40-50(63-64(5)52(40)44)41-22-24-48(67)61-54(41)70/h6-10,13-21,23,35,41H,11-12,22,24-33H2,1-5H3,(H,58,68)(H,59,62,69)(H,61,67,70). The van der Waals surface area contributed by atoms with Gasteiger partial charge in [-0.1, -0.05) is 59.9 Å². The van der Waals surface area contributed by atoms with E-state index in [4.69, 9.17) is 14.5 Å². The number of rotatable bonds is 14. The molecule has 6 heterocycles. The van der Waals surface area contributed by atoms with E-state index in [0.717, 1.165) is 87.9 Å². The van der Waals surface area contributed by atoms with E-state index >= 15 is 0 Å². The average Bonchev–Trinajstić information content (AvgIpc) is 3.95. The summed E-state index contributed by atoms with van der Waals surface area (Å²) in [6.07, 6.45) is 5.20. The molecule has 0 radical (unpaired) electrons. The lowest BCUT2D eigenvalue weighted by molar-refractivity contribution is -0.134. The van der Waals surface area contributed by atoms with Gasteiger partial charge >= 0.3 is 5.97 Å². The molecule has 0 spiro atoms. The summed E-state index contributed by atoms with van der Waals surface area (Å²) < 4.78 is 15.1. The van der Waals surface area contributed by atoms with Crippen LogP contribution in [-0.4, -0.2) is 92.6 Å². The molecule has 74 heavy (non-hydrogen) atoms. The van der Waals surface area contributed by atoms with Crippen LogP contribution in [0.15, 0.2) is 91.0 Å². The largest absolute Gasteiger partial charge is 0.493 e. The van der Waals surface area contributed by atoms with E-state index in [-0.39, 0.29) is 42.3 Å². The van der Waals surface area contributed by atoms with Crippen LogP contribution in [0, 0.1) is 12.8 Å². The fraction of sp³-hybridized carbons (Fsp3) is 0.368. The highest BCUT2D eigenvalue weighted by Crippen LogP contribution is 2.37. The number of carbonyl (C=O) groups is 5. The molecule has 2 saturated heterocycles. The Hall–Kier alpha value is -7.50. The van der Waals surface area contributed by atoms with Gasteiger partial charge in [-0.3, -0.25) is 39.4 Å². The highest BCUT2D eigenvalue weighted by molar-refractivity contribution is 7.22. The fourth-order valence-electron chi connectivity index (χ4n) is 10.5. The molecule has 3 aliphatic heterocycles. The smallest absolute Gasteiger partial charge is 0.358 e. The Morgan fingerprint density at radius 3 is 2.45 bits per heavy atom. The van der Waals surface area contributed by atoms with Crippen LogP contribution in [0.3, 0.4) is 0 Å². The Bertz CT molecular complexity index is 3280. The van der Waals surface area contributed by atoms with Crippen molar-refractivity contribution in [3.63, 3.8) is 0 Å². The van der Waals surface area contributed by atoms with Gasteiger partial charge in [-0.2, -0.15) is 5.10 Å². The number of nitrogens with zero attached hydrogens (tertiary/aromatic N) is 6. The first kappa shape index (κ1) is 50.1. The monoisotopic (exact) mass is 1020 g/mol. The molecule has 382 valence electrons. The van der Waals surface area contributed by atoms with E-state index in [1.807, 2.05) is 113 Å². The molecule has 10 rings (SSSR count). The van der Waals surface area contributed by atoms with Crippen molar-refractivity contribution in [2.75, 3.05) is 48.3 Å². The van der Waals surface area contributed by atoms with Crippen LogP contribution >= 0.6 is 11.3 Å². The maximum atomic E-state index is 14.1. The third-order valence-corrected chi connectivity index (χ3v) is 15.2. The molecule has 3 N–H and O–H groups in total. The molecule has 2 fully saturated rings. The summed E-state index contributed by atoms with van der Waals surface area (Å²) in [5.41, 5.74) is 7.23. The first-order chi connectivity index (χ1) is 35.7. The SMILES string of the molecule is Cc1c(OCCCC2CCN(CC(=O)Nc3cccc4c(C5CCC(=O)NC5=O)nn(C)c34)CC2)cccc1-c1ccc(N2CCc3cccc(C(=O)Nc4nc5ccccc5s4)c3C2)nc1C(=O)OC(C)(C)C. The number of carbonyl (C=O) groups excluding carboxylic acids is 5. The zero-order valence-electron chi connectivity index (χ0n) is 42.5. The second-order valence-electron chi connectivity index (χ2n) is 20.5. The molecule has 1 atom stereocenters. The number of aromatic nitrogens is 4. The van der Waals surface area contributed by atoms with Gasteiger partial charge in [-0.25, -0.2) is 14.8 Å². The van der Waals surface area contributed by atoms with Gasteiger partial charge in [-0.05, 0) is 150 Å². The number of para-hydroxylation sites is 2. The van der Waals surface area contributed by atoms with E-state index in [2.05, 4.69) is 41.9 Å². The van der Waals surface area contributed by atoms with E-state index in [9.17, 15) is 24.0 Å². The van der Waals surface area contributed by atoms with Crippen molar-refractivity contribution in [1.29, 1.82) is 0 Å². The van der Waals surface area contributed by atoms with E-state index in [1.165, 1.54) is 11.3 Å². The van der Waals surface area contributed by atoms with Crippen LogP contribution in [0.5, 0.6) is 5.75 Å². The number of hydrogen-bond donors (Lipinski definition) is 3. The van der Waals surface area contributed by atoms with Gasteiger partial charge in [0, 0.05) is 43.1 Å². The molecule has 0 bridgehead atoms. The summed E-state index contributed by atoms with van der Waals surface area (Å²) in [6, 6.07) is 29.0. The quantitative estimate of drug-likeness (QED) is 0.0533. The number of pyridine rings is 1. The molecule has 4 amide bonds. The second-order valence-corrected chi connectivity index (χ2v) is 21.6. The lowest BCUT2D eigenvalue weighted by Gasteiger charge is -2.31. The van der Waals surface area contributed by atoms with Crippen LogP contribution < -0.4 is 25.6 Å². The van der Waals surface area contributed by atoms with Crippen LogP contribution in [0.25, 0.3) is 32.2 Å². The Balaban J connectivity index is 0.750. The summed E-state index contributed by atoms with van der Waals surface area (Å²) in [6.45, 7) is 11.1. The lowest BCUT2D eigenvalue weighted by Crippen LogP contribution is -2.39. The number of anilines is 3. The van der Waals surface area contributed by atoms with E-state index in [1.54, 1.807) is 11.7 Å². The number of ether oxygens (including phenoxy) is 2. The molecule has 3 aromatic heterocycles. The van der Waals surface area contributed by atoms with Crippen molar-refractivity contribution in [3.05, 3.63) is 125 Å². The Morgan fingerprint density at radius 2 is 1.65 bits per heavy atom. The zero-order valence-corrected chi connectivity index (χ0v) is 43.3. The first-order valence-electron chi connectivity index (χ1n) is 25.5. The molecule has 3 aliphatic rings. The average molecular weight is 1020 g/mol. The lowest BCUT2D eigenvalue weighted by atomic mass is 9.92. The fourth-order valence-corrected chi connectivity index (χ4v) is 11.4. The summed E-state index contributed by atoms with van der Waals surface area (Å²) >= 11 is 1.44. The number of imide groups is 1. The number of nitrogens with one attached hydrogen (secondary N) is 3. The second kappa shape index (κ2) is 21.2. The minimum absolute atomic E-state index is 0.109. The summed E-state index contributed by atoms with van der Waals surface area (Å²) in [5, 5.41) is 14.5. The Kier molecular flexibility index (Phi) is 14.3. The summed E-state index contributed by atoms with van der Waals surface area (Å²) in [5.74, 6) is -0.128. The molecule has 4 aromatic carbocycles. The molecule has 7 aromatic rings. The van der Waals surface area contributed by atoms with Crippen molar-refractivity contribution in [2.45, 2.75) is 90.7 Å². The van der Waals surface area contributed by atoms with Gasteiger partial charge in [0.2, 0.25) is 17.7 Å².